The molecule has 1 aromatic heterocycles. The number of methoxy groups -OCH3 is 1. The van der Waals surface area contributed by atoms with Crippen LogP contribution in [0.3, 0.4) is 0 Å². The molecule has 5 heteroatoms. The standard InChI is InChI=1S/C12H19N3O2/c1-8(12(2,3)4)13-10-7-6-9(14-15-10)11(16)17-5/h6-8H,1-5H3,(H,13,15). The van der Waals surface area contributed by atoms with E-state index in [0.29, 0.717) is 5.82 Å². The number of carbonyl (C=O) groups excluding carboxylic acids is 1. The first-order valence-corrected chi connectivity index (χ1v) is 5.53. The number of hydrogen-bond donors (Lipinski definition) is 1. The Kier molecular flexibility index (Phi) is 4.04. The summed E-state index contributed by atoms with van der Waals surface area (Å²) in [5, 5.41) is 11.0. The minimum atomic E-state index is -0.479. The van der Waals surface area contributed by atoms with E-state index in [4.69, 9.17) is 0 Å². The van der Waals surface area contributed by atoms with E-state index in [1.807, 2.05) is 0 Å². The van der Waals surface area contributed by atoms with Crippen molar-refractivity contribution in [1.82, 2.24) is 10.2 Å². The second-order valence-electron chi connectivity index (χ2n) is 5.03. The summed E-state index contributed by atoms with van der Waals surface area (Å²) in [6.07, 6.45) is 0. The number of hydrogen-bond acceptors (Lipinski definition) is 5. The Morgan fingerprint density at radius 3 is 2.41 bits per heavy atom. The maximum absolute atomic E-state index is 11.2. The maximum Gasteiger partial charge on any atom is 0.358 e. The zero-order valence-corrected chi connectivity index (χ0v) is 10.9. The number of ether oxygens (including phenoxy) is 1. The number of esters is 1. The van der Waals surface area contributed by atoms with Crippen LogP contribution in [0.1, 0.15) is 38.2 Å². The van der Waals surface area contributed by atoms with Gasteiger partial charge in [-0.1, -0.05) is 20.8 Å². The van der Waals surface area contributed by atoms with E-state index in [0.717, 1.165) is 0 Å². The minimum Gasteiger partial charge on any atom is -0.464 e. The summed E-state index contributed by atoms with van der Waals surface area (Å²) >= 11 is 0. The molecule has 5 nitrogen and oxygen atoms in total. The molecule has 0 aliphatic heterocycles. The first-order valence-electron chi connectivity index (χ1n) is 5.53. The maximum atomic E-state index is 11.2. The highest BCUT2D eigenvalue weighted by Crippen LogP contribution is 2.21. The molecule has 0 aromatic carbocycles. The number of carbonyl (C=O) groups is 1. The number of rotatable bonds is 3. The molecule has 1 atom stereocenters. The van der Waals surface area contributed by atoms with Gasteiger partial charge in [-0.3, -0.25) is 0 Å². The van der Waals surface area contributed by atoms with Crippen LogP contribution in [0.5, 0.6) is 0 Å². The smallest absolute Gasteiger partial charge is 0.358 e. The van der Waals surface area contributed by atoms with Crippen molar-refractivity contribution in [2.75, 3.05) is 12.4 Å². The van der Waals surface area contributed by atoms with Crippen LogP contribution in [0.25, 0.3) is 0 Å². The molecule has 0 aliphatic carbocycles. The van der Waals surface area contributed by atoms with Gasteiger partial charge in [-0.25, -0.2) is 4.79 Å². The number of nitrogens with one attached hydrogen (secondary N) is 1. The van der Waals surface area contributed by atoms with Crippen molar-refractivity contribution in [1.29, 1.82) is 0 Å². The Hall–Kier alpha value is -1.65. The molecular formula is C12H19N3O2. The van der Waals surface area contributed by atoms with Gasteiger partial charge >= 0.3 is 5.97 Å². The van der Waals surface area contributed by atoms with Crippen molar-refractivity contribution < 1.29 is 9.53 Å². The van der Waals surface area contributed by atoms with Gasteiger partial charge in [0.2, 0.25) is 0 Å². The van der Waals surface area contributed by atoms with Crippen LogP contribution in [0.15, 0.2) is 12.1 Å². The molecule has 0 bridgehead atoms. The molecule has 1 N–H and O–H groups in total. The van der Waals surface area contributed by atoms with E-state index in [1.54, 1.807) is 12.1 Å². The van der Waals surface area contributed by atoms with Crippen LogP contribution in [0.2, 0.25) is 0 Å². The van der Waals surface area contributed by atoms with E-state index in [2.05, 4.69) is 47.9 Å². The van der Waals surface area contributed by atoms with Crippen LogP contribution >= 0.6 is 0 Å². The van der Waals surface area contributed by atoms with Crippen LogP contribution in [0, 0.1) is 5.41 Å². The predicted octanol–water partition coefficient (Wildman–Crippen LogP) is 2.11. The van der Waals surface area contributed by atoms with Crippen LogP contribution < -0.4 is 5.32 Å². The van der Waals surface area contributed by atoms with E-state index >= 15 is 0 Å². The zero-order chi connectivity index (χ0) is 13.1. The van der Waals surface area contributed by atoms with Crippen LogP contribution in [0.4, 0.5) is 5.82 Å². The van der Waals surface area contributed by atoms with Gasteiger partial charge in [0.1, 0.15) is 5.82 Å². The highest BCUT2D eigenvalue weighted by Gasteiger charge is 2.20. The van der Waals surface area contributed by atoms with E-state index < -0.39 is 5.97 Å². The summed E-state index contributed by atoms with van der Waals surface area (Å²) in [6, 6.07) is 3.57. The Balaban J connectivity index is 2.72. The highest BCUT2D eigenvalue weighted by molar-refractivity contribution is 5.86. The molecule has 1 aromatic rings. The Morgan fingerprint density at radius 2 is 2.00 bits per heavy atom. The van der Waals surface area contributed by atoms with Crippen LogP contribution in [-0.2, 0) is 4.74 Å². The van der Waals surface area contributed by atoms with Crippen molar-refractivity contribution in [3.8, 4) is 0 Å². The summed E-state index contributed by atoms with van der Waals surface area (Å²) in [5.41, 5.74) is 0.337. The molecule has 1 unspecified atom stereocenters. The van der Waals surface area contributed by atoms with Gasteiger partial charge in [0, 0.05) is 6.04 Å². The quantitative estimate of drug-likeness (QED) is 0.816. The zero-order valence-electron chi connectivity index (χ0n) is 10.9. The first kappa shape index (κ1) is 13.4. The van der Waals surface area contributed by atoms with Gasteiger partial charge in [0.05, 0.1) is 7.11 Å². The van der Waals surface area contributed by atoms with Gasteiger partial charge in [0.15, 0.2) is 5.69 Å². The Labute approximate surface area is 102 Å². The van der Waals surface area contributed by atoms with Crippen molar-refractivity contribution in [2.24, 2.45) is 5.41 Å². The summed E-state index contributed by atoms with van der Waals surface area (Å²) in [5.74, 6) is 0.174. The van der Waals surface area contributed by atoms with Crippen LogP contribution in [-0.4, -0.2) is 29.3 Å². The normalized spacial score (nSPS) is 13.0. The lowest BCUT2D eigenvalue weighted by molar-refractivity contribution is 0.0593. The van der Waals surface area contributed by atoms with E-state index in [1.165, 1.54) is 7.11 Å². The Bertz CT molecular complexity index is 382. The lowest BCUT2D eigenvalue weighted by Gasteiger charge is -2.28. The van der Waals surface area contributed by atoms with E-state index in [9.17, 15) is 4.79 Å². The summed E-state index contributed by atoms with van der Waals surface area (Å²) in [7, 11) is 1.32. The van der Waals surface area contributed by atoms with Gasteiger partial charge in [-0.15, -0.1) is 10.2 Å². The average Bonchev–Trinajstić information content (AvgIpc) is 2.27. The first-order chi connectivity index (χ1) is 7.84. The Morgan fingerprint density at radius 1 is 1.35 bits per heavy atom. The van der Waals surface area contributed by atoms with Crippen molar-refractivity contribution in [3.63, 3.8) is 0 Å². The van der Waals surface area contributed by atoms with Crippen molar-refractivity contribution >= 4 is 11.8 Å². The molecule has 17 heavy (non-hydrogen) atoms. The second-order valence-corrected chi connectivity index (χ2v) is 5.03. The summed E-state index contributed by atoms with van der Waals surface area (Å²) in [6.45, 7) is 8.50. The number of nitrogens with zero attached hydrogens (tertiary/aromatic N) is 2. The third kappa shape index (κ3) is 3.69. The fourth-order valence-electron chi connectivity index (χ4n) is 1.06. The van der Waals surface area contributed by atoms with Gasteiger partial charge in [-0.2, -0.15) is 0 Å². The van der Waals surface area contributed by atoms with Gasteiger partial charge in [-0.05, 0) is 24.5 Å². The minimum absolute atomic E-state index is 0.128. The fraction of sp³-hybridized carbons (Fsp3) is 0.583. The third-order valence-electron chi connectivity index (χ3n) is 2.72. The molecule has 1 heterocycles. The summed E-state index contributed by atoms with van der Waals surface area (Å²) < 4.78 is 4.55. The molecule has 0 aliphatic rings. The average molecular weight is 237 g/mol. The molecule has 1 rings (SSSR count). The molecule has 0 radical (unpaired) electrons. The van der Waals surface area contributed by atoms with Gasteiger partial charge < -0.3 is 10.1 Å². The number of aromatic nitrogens is 2. The third-order valence-corrected chi connectivity index (χ3v) is 2.72. The number of anilines is 1. The lowest BCUT2D eigenvalue weighted by Crippen LogP contribution is -2.31. The van der Waals surface area contributed by atoms with Crippen molar-refractivity contribution in [2.45, 2.75) is 33.7 Å². The highest BCUT2D eigenvalue weighted by atomic mass is 16.5. The largest absolute Gasteiger partial charge is 0.464 e. The molecule has 0 saturated carbocycles. The SMILES string of the molecule is COC(=O)c1ccc(NC(C)C(C)(C)C)nn1. The summed E-state index contributed by atoms with van der Waals surface area (Å²) in [4.78, 5) is 11.2. The fourth-order valence-corrected chi connectivity index (χ4v) is 1.06. The topological polar surface area (TPSA) is 64.1 Å². The second kappa shape index (κ2) is 5.12. The molecule has 0 amide bonds. The molecule has 0 fully saturated rings. The molecular weight excluding hydrogens is 218 g/mol. The lowest BCUT2D eigenvalue weighted by atomic mass is 9.88. The monoisotopic (exact) mass is 237 g/mol. The van der Waals surface area contributed by atoms with E-state index in [-0.39, 0.29) is 17.2 Å². The molecule has 0 saturated heterocycles. The van der Waals surface area contributed by atoms with Crippen molar-refractivity contribution in [3.05, 3.63) is 17.8 Å². The van der Waals surface area contributed by atoms with Gasteiger partial charge in [0.25, 0.3) is 0 Å². The molecule has 0 spiro atoms. The molecule has 94 valence electrons. The predicted molar refractivity (Wildman–Crippen MR) is 65.9 cm³/mol.